The normalized spacial score (nSPS) is 28.3. The summed E-state index contributed by atoms with van der Waals surface area (Å²) in [6.07, 6.45) is 14.8. The second-order valence-electron chi connectivity index (χ2n) is 7.14. The molecule has 4 rings (SSSR count). The third-order valence-electron chi connectivity index (χ3n) is 5.16. The number of aromatic nitrogens is 3. The fourth-order valence-electron chi connectivity index (χ4n) is 3.79. The number of hydrogen-bond acceptors (Lipinski definition) is 4. The van der Waals surface area contributed by atoms with E-state index in [1.807, 2.05) is 47.9 Å². The van der Waals surface area contributed by atoms with E-state index >= 15 is 0 Å². The van der Waals surface area contributed by atoms with Gasteiger partial charge in [-0.25, -0.2) is 9.48 Å². The van der Waals surface area contributed by atoms with Crippen molar-refractivity contribution in [1.82, 2.24) is 19.9 Å². The first kappa shape index (κ1) is 15.2. The smallest absolute Gasteiger partial charge is 0.410 e. The number of rotatable bonds is 2. The van der Waals surface area contributed by atoms with Gasteiger partial charge in [0.2, 0.25) is 0 Å². The molecule has 126 valence electrons. The van der Waals surface area contributed by atoms with Crippen LogP contribution in [0.1, 0.15) is 44.7 Å². The molecule has 2 fully saturated rings. The zero-order valence-electron chi connectivity index (χ0n) is 14.1. The molecule has 1 aliphatic carbocycles. The highest BCUT2D eigenvalue weighted by molar-refractivity contribution is 5.71. The van der Waals surface area contributed by atoms with Crippen LogP contribution in [0.2, 0.25) is 0 Å². The second-order valence-corrected chi connectivity index (χ2v) is 7.14. The number of piperidine rings is 1. The molecule has 0 spiro atoms. The van der Waals surface area contributed by atoms with Gasteiger partial charge in [0, 0.05) is 12.5 Å². The molecule has 0 aromatic carbocycles. The van der Waals surface area contributed by atoms with Crippen LogP contribution >= 0.6 is 0 Å². The van der Waals surface area contributed by atoms with Gasteiger partial charge in [0.05, 0.1) is 23.6 Å². The van der Waals surface area contributed by atoms with E-state index in [4.69, 9.17) is 4.74 Å². The van der Waals surface area contributed by atoms with Crippen LogP contribution in [0, 0.1) is 0 Å². The highest BCUT2D eigenvalue weighted by Gasteiger charge is 2.50. The topological polar surface area (TPSA) is 60.2 Å². The molecule has 2 unspecified atom stereocenters. The monoisotopic (exact) mass is 326 g/mol. The van der Waals surface area contributed by atoms with E-state index in [1.165, 1.54) is 0 Å². The highest BCUT2D eigenvalue weighted by atomic mass is 16.6. The first-order chi connectivity index (χ1) is 11.5. The lowest BCUT2D eigenvalue weighted by Gasteiger charge is -2.36. The van der Waals surface area contributed by atoms with E-state index in [0.717, 1.165) is 37.2 Å². The van der Waals surface area contributed by atoms with Gasteiger partial charge in [-0.2, -0.15) is 0 Å². The number of carbonyl (C=O) groups is 1. The summed E-state index contributed by atoms with van der Waals surface area (Å²) in [6, 6.07) is 0.107. The van der Waals surface area contributed by atoms with Gasteiger partial charge in [-0.1, -0.05) is 29.5 Å². The average Bonchev–Trinajstić information content (AvgIpc) is 3.00. The van der Waals surface area contributed by atoms with Gasteiger partial charge >= 0.3 is 6.09 Å². The lowest BCUT2D eigenvalue weighted by atomic mass is 9.83. The van der Waals surface area contributed by atoms with Crippen molar-refractivity contribution in [3.8, 4) is 0 Å². The van der Waals surface area contributed by atoms with Crippen LogP contribution in [0.3, 0.4) is 0 Å². The maximum absolute atomic E-state index is 12.0. The maximum Gasteiger partial charge on any atom is 0.410 e. The van der Waals surface area contributed by atoms with Crippen molar-refractivity contribution < 1.29 is 9.53 Å². The summed E-state index contributed by atoms with van der Waals surface area (Å²) in [5.74, 6) is 0.308. The number of ether oxygens (including phenoxy) is 1. The molecule has 1 amide bonds. The molecule has 3 heterocycles. The van der Waals surface area contributed by atoms with Gasteiger partial charge in [-0.3, -0.25) is 0 Å². The predicted molar refractivity (Wildman–Crippen MR) is 90.2 cm³/mol. The molecular weight excluding hydrogens is 304 g/mol. The molecule has 0 N–H and O–H groups in total. The molecule has 2 aliphatic heterocycles. The van der Waals surface area contributed by atoms with Crippen molar-refractivity contribution >= 4 is 11.8 Å². The fourth-order valence-corrected chi connectivity index (χ4v) is 3.79. The third-order valence-corrected chi connectivity index (χ3v) is 5.16. The Morgan fingerprint density at radius 2 is 2.21 bits per heavy atom. The molecule has 3 aliphatic rings. The minimum Gasteiger partial charge on any atom is -0.441 e. The van der Waals surface area contributed by atoms with Crippen molar-refractivity contribution in [3.05, 3.63) is 42.3 Å². The summed E-state index contributed by atoms with van der Waals surface area (Å²) < 4.78 is 7.35. The number of hydrogen-bond donors (Lipinski definition) is 0. The van der Waals surface area contributed by atoms with Crippen molar-refractivity contribution in [2.75, 3.05) is 6.54 Å². The SMILES string of the molecule is CC1(C)OC(=O)N2CCC(c3cn(C4=CCC=CC=C4)nn3)CC21. The molecule has 0 saturated carbocycles. The van der Waals surface area contributed by atoms with E-state index in [-0.39, 0.29) is 12.1 Å². The van der Waals surface area contributed by atoms with Crippen LogP contribution in [0.15, 0.2) is 36.6 Å². The number of cyclic esters (lactones) is 1. The molecule has 1 aromatic heterocycles. The van der Waals surface area contributed by atoms with E-state index in [2.05, 4.69) is 22.5 Å². The largest absolute Gasteiger partial charge is 0.441 e. The molecule has 1 aromatic rings. The number of fused-ring (bicyclic) bond motifs is 1. The zero-order valence-corrected chi connectivity index (χ0v) is 14.1. The van der Waals surface area contributed by atoms with Crippen LogP contribution in [-0.4, -0.2) is 44.2 Å². The van der Waals surface area contributed by atoms with Crippen LogP contribution in [0.25, 0.3) is 5.70 Å². The fraction of sp³-hybridized carbons (Fsp3) is 0.500. The Bertz CT molecular complexity index is 744. The van der Waals surface area contributed by atoms with Crippen molar-refractivity contribution in [2.24, 2.45) is 0 Å². The first-order valence-electron chi connectivity index (χ1n) is 8.50. The molecule has 0 bridgehead atoms. The molecule has 2 saturated heterocycles. The van der Waals surface area contributed by atoms with Crippen molar-refractivity contribution in [1.29, 1.82) is 0 Å². The second kappa shape index (κ2) is 5.61. The minimum absolute atomic E-state index is 0.107. The Labute approximate surface area is 141 Å². The predicted octanol–water partition coefficient (Wildman–Crippen LogP) is 3.11. The van der Waals surface area contributed by atoms with E-state index in [0.29, 0.717) is 5.92 Å². The molecular formula is C18H22N4O2. The molecule has 0 radical (unpaired) electrons. The highest BCUT2D eigenvalue weighted by Crippen LogP contribution is 2.40. The van der Waals surface area contributed by atoms with E-state index in [9.17, 15) is 4.79 Å². The van der Waals surface area contributed by atoms with Crippen LogP contribution in [-0.2, 0) is 4.74 Å². The standard InChI is InChI=1S/C18H22N4O2/c1-18(2)16-11-13(9-10-21(16)17(23)24-18)15-12-22(20-19-15)14-7-5-3-4-6-8-14/h3-5,7-8,12-13,16H,6,9-11H2,1-2H3. The van der Waals surface area contributed by atoms with Crippen molar-refractivity contribution in [3.63, 3.8) is 0 Å². The molecule has 6 nitrogen and oxygen atoms in total. The summed E-state index contributed by atoms with van der Waals surface area (Å²) in [5, 5.41) is 8.70. The Morgan fingerprint density at radius 3 is 3.08 bits per heavy atom. The Kier molecular flexibility index (Phi) is 3.55. The molecule has 6 heteroatoms. The Balaban J connectivity index is 1.53. The number of allylic oxidation sites excluding steroid dienone is 6. The number of nitrogens with zero attached hydrogens (tertiary/aromatic N) is 4. The van der Waals surface area contributed by atoms with Gasteiger partial charge < -0.3 is 9.64 Å². The van der Waals surface area contributed by atoms with Gasteiger partial charge in [0.15, 0.2) is 0 Å². The summed E-state index contributed by atoms with van der Waals surface area (Å²) in [6.45, 7) is 4.70. The average molecular weight is 326 g/mol. The van der Waals surface area contributed by atoms with Gasteiger partial charge in [0.25, 0.3) is 0 Å². The summed E-state index contributed by atoms with van der Waals surface area (Å²) >= 11 is 0. The lowest BCUT2D eigenvalue weighted by molar-refractivity contribution is 0.0600. The summed E-state index contributed by atoms with van der Waals surface area (Å²) in [5.41, 5.74) is 1.59. The summed E-state index contributed by atoms with van der Waals surface area (Å²) in [4.78, 5) is 13.8. The minimum atomic E-state index is -0.441. The van der Waals surface area contributed by atoms with E-state index in [1.54, 1.807) is 0 Å². The van der Waals surface area contributed by atoms with Crippen molar-refractivity contribution in [2.45, 2.75) is 50.7 Å². The summed E-state index contributed by atoms with van der Waals surface area (Å²) in [7, 11) is 0. The lowest BCUT2D eigenvalue weighted by Crippen LogP contribution is -2.46. The number of amides is 1. The van der Waals surface area contributed by atoms with Crippen LogP contribution in [0.4, 0.5) is 4.79 Å². The van der Waals surface area contributed by atoms with Gasteiger partial charge in [0.1, 0.15) is 5.60 Å². The molecule has 2 atom stereocenters. The van der Waals surface area contributed by atoms with Crippen LogP contribution in [0.5, 0.6) is 0 Å². The Morgan fingerprint density at radius 1 is 1.33 bits per heavy atom. The van der Waals surface area contributed by atoms with Crippen LogP contribution < -0.4 is 0 Å². The van der Waals surface area contributed by atoms with Gasteiger partial charge in [-0.05, 0) is 39.2 Å². The maximum atomic E-state index is 12.0. The zero-order chi connectivity index (χ0) is 16.7. The van der Waals surface area contributed by atoms with E-state index < -0.39 is 5.60 Å². The number of carbonyl (C=O) groups excluding carboxylic acids is 1. The Hall–Kier alpha value is -2.37. The first-order valence-corrected chi connectivity index (χ1v) is 8.50. The molecule has 24 heavy (non-hydrogen) atoms. The van der Waals surface area contributed by atoms with Gasteiger partial charge in [-0.15, -0.1) is 5.10 Å². The quantitative estimate of drug-likeness (QED) is 0.838. The third kappa shape index (κ3) is 2.56.